The van der Waals surface area contributed by atoms with Crippen LogP contribution >= 0.6 is 0 Å². The van der Waals surface area contributed by atoms with Crippen molar-refractivity contribution in [1.29, 1.82) is 0 Å². The van der Waals surface area contributed by atoms with Gasteiger partial charge in [0.25, 0.3) is 0 Å². The topological polar surface area (TPSA) is 50.5 Å². The van der Waals surface area contributed by atoms with Gasteiger partial charge in [0.05, 0.1) is 11.4 Å². The van der Waals surface area contributed by atoms with Crippen molar-refractivity contribution in [2.24, 2.45) is 9.98 Å². The highest BCUT2D eigenvalue weighted by molar-refractivity contribution is 5.72. The van der Waals surface area contributed by atoms with Gasteiger partial charge in [-0.3, -0.25) is 20.0 Å². The lowest BCUT2D eigenvalue weighted by molar-refractivity contribution is 0.811. The lowest BCUT2D eigenvalue weighted by Gasteiger charge is -2.27. The minimum Gasteiger partial charge on any atom is -0.261 e. The second kappa shape index (κ2) is 17.7. The van der Waals surface area contributed by atoms with Crippen molar-refractivity contribution in [3.63, 3.8) is 0 Å². The molecule has 0 spiro atoms. The van der Waals surface area contributed by atoms with Crippen LogP contribution in [0.1, 0.15) is 161 Å². The van der Waals surface area contributed by atoms with Crippen LogP contribution in [0.5, 0.6) is 0 Å². The van der Waals surface area contributed by atoms with Gasteiger partial charge in [-0.25, -0.2) is 0 Å². The number of hydrogen-bond acceptors (Lipinski definition) is 4. The third kappa shape index (κ3) is 9.39. The first kappa shape index (κ1) is 38.5. The second-order valence-electron chi connectivity index (χ2n) is 15.6. The number of pyridine rings is 2. The molecule has 0 aliphatic carbocycles. The minimum atomic E-state index is 0.0457. The van der Waals surface area contributed by atoms with Crippen molar-refractivity contribution in [3.05, 3.63) is 153 Å². The maximum absolute atomic E-state index is 5.17. The van der Waals surface area contributed by atoms with E-state index in [9.17, 15) is 0 Å². The van der Waals surface area contributed by atoms with Crippen LogP contribution in [-0.4, -0.2) is 22.4 Å². The SMILES string of the molecule is CC(C)c1ccc(C(c2cc(C(C)C)c(N=CCc3ccccn3)c(C(C)C)c2)c2cc(C(C)C)c(N=CCc3ccccn3)c(C(C)C)c2)cc1. The molecule has 0 unspecified atom stereocenters. The smallest absolute Gasteiger partial charge is 0.0695 e. The fourth-order valence-electron chi connectivity index (χ4n) is 6.95. The van der Waals surface area contributed by atoms with Crippen LogP contribution in [0.3, 0.4) is 0 Å². The van der Waals surface area contributed by atoms with Gasteiger partial charge in [0, 0.05) is 55.0 Å². The van der Waals surface area contributed by atoms with Gasteiger partial charge >= 0.3 is 0 Å². The van der Waals surface area contributed by atoms with Gasteiger partial charge in [-0.2, -0.15) is 0 Å². The molecule has 52 heavy (non-hydrogen) atoms. The van der Waals surface area contributed by atoms with E-state index in [1.807, 2.05) is 49.1 Å². The maximum Gasteiger partial charge on any atom is 0.0695 e. The van der Waals surface area contributed by atoms with Crippen molar-refractivity contribution in [1.82, 2.24) is 9.97 Å². The lowest BCUT2D eigenvalue weighted by Crippen LogP contribution is -2.09. The normalized spacial score (nSPS) is 12.8. The first-order valence-electron chi connectivity index (χ1n) is 19.2. The van der Waals surface area contributed by atoms with E-state index in [-0.39, 0.29) is 5.92 Å². The molecule has 0 aliphatic heterocycles. The monoisotopic (exact) mass is 690 g/mol. The third-order valence-electron chi connectivity index (χ3n) is 9.97. The van der Waals surface area contributed by atoms with Gasteiger partial charge in [0.15, 0.2) is 0 Å². The third-order valence-corrected chi connectivity index (χ3v) is 9.97. The van der Waals surface area contributed by atoms with Crippen molar-refractivity contribution < 1.29 is 0 Å². The molecule has 3 aromatic carbocycles. The molecule has 2 aromatic heterocycles. The zero-order valence-electron chi connectivity index (χ0n) is 33.1. The summed E-state index contributed by atoms with van der Waals surface area (Å²) in [6.45, 7) is 22.9. The highest BCUT2D eigenvalue weighted by atomic mass is 14.8. The Morgan fingerprint density at radius 1 is 0.442 bits per heavy atom. The molecule has 0 saturated carbocycles. The van der Waals surface area contributed by atoms with Gasteiger partial charge < -0.3 is 0 Å². The van der Waals surface area contributed by atoms with Gasteiger partial charge in [0.1, 0.15) is 0 Å². The average molecular weight is 691 g/mol. The molecule has 5 rings (SSSR count). The van der Waals surface area contributed by atoms with Crippen LogP contribution < -0.4 is 0 Å². The minimum absolute atomic E-state index is 0.0457. The molecule has 0 bridgehead atoms. The Balaban J connectivity index is 1.70. The molecule has 0 radical (unpaired) electrons. The fraction of sp³-hybridized carbons (Fsp3) is 0.375. The fourth-order valence-corrected chi connectivity index (χ4v) is 6.95. The van der Waals surface area contributed by atoms with Gasteiger partial charge in [-0.15, -0.1) is 0 Å². The molecule has 5 aromatic rings. The Morgan fingerprint density at radius 2 is 0.808 bits per heavy atom. The molecule has 0 fully saturated rings. The van der Waals surface area contributed by atoms with E-state index in [2.05, 4.69) is 140 Å². The van der Waals surface area contributed by atoms with Gasteiger partial charge in [-0.05, 0) is 98.4 Å². The summed E-state index contributed by atoms with van der Waals surface area (Å²) in [5.41, 5.74) is 14.7. The first-order valence-corrected chi connectivity index (χ1v) is 19.2. The molecule has 2 heterocycles. The number of aliphatic imine (C=N–C) groups is 2. The largest absolute Gasteiger partial charge is 0.261 e. The Labute approximate surface area is 313 Å². The number of hydrogen-bond donors (Lipinski definition) is 0. The Kier molecular flexibility index (Phi) is 13.1. The predicted molar refractivity (Wildman–Crippen MR) is 223 cm³/mol. The van der Waals surface area contributed by atoms with Crippen LogP contribution in [0.15, 0.2) is 107 Å². The van der Waals surface area contributed by atoms with Crippen molar-refractivity contribution in [3.8, 4) is 0 Å². The second-order valence-corrected chi connectivity index (χ2v) is 15.6. The summed E-state index contributed by atoms with van der Waals surface area (Å²) < 4.78 is 0. The number of nitrogens with zero attached hydrogens (tertiary/aromatic N) is 4. The molecule has 4 nitrogen and oxygen atoms in total. The van der Waals surface area contributed by atoms with Crippen LogP contribution in [0, 0.1) is 0 Å². The number of aromatic nitrogens is 2. The summed E-state index contributed by atoms with van der Waals surface area (Å²) >= 11 is 0. The quantitative estimate of drug-likeness (QED) is 0.0860. The lowest BCUT2D eigenvalue weighted by atomic mass is 9.78. The molecular formula is C48H58N4. The van der Waals surface area contributed by atoms with Crippen LogP contribution in [-0.2, 0) is 12.8 Å². The van der Waals surface area contributed by atoms with E-state index < -0.39 is 0 Å². The van der Waals surface area contributed by atoms with E-state index in [1.54, 1.807) is 0 Å². The van der Waals surface area contributed by atoms with E-state index in [0.717, 1.165) is 22.8 Å². The summed E-state index contributed by atoms with van der Waals surface area (Å²) in [4.78, 5) is 19.4. The summed E-state index contributed by atoms with van der Waals surface area (Å²) in [6, 6.07) is 31.2. The number of rotatable bonds is 14. The molecule has 4 heteroatoms. The standard InChI is InChI=1S/C48H58N4/c1-31(2)36-17-19-37(20-18-36)46(38-27-42(32(3)4)47(43(28-38)33(5)6)51-25-21-40-15-11-13-23-49-40)39-29-44(34(7)8)48(45(30-39)35(9)10)52-26-22-41-16-12-14-24-50-41/h11-20,23-35,46H,21-22H2,1-10H3. The number of benzene rings is 3. The van der Waals surface area contributed by atoms with Crippen LogP contribution in [0.25, 0.3) is 0 Å². The van der Waals surface area contributed by atoms with Gasteiger partial charge in [-0.1, -0.05) is 130 Å². The van der Waals surface area contributed by atoms with E-state index >= 15 is 0 Å². The molecule has 0 aliphatic rings. The summed E-state index contributed by atoms with van der Waals surface area (Å²) in [5.74, 6) is 1.73. The first-order chi connectivity index (χ1) is 24.9. The molecule has 0 saturated heterocycles. The highest BCUT2D eigenvalue weighted by Crippen LogP contribution is 2.44. The van der Waals surface area contributed by atoms with E-state index in [0.29, 0.717) is 42.4 Å². The van der Waals surface area contributed by atoms with Crippen LogP contribution in [0.4, 0.5) is 11.4 Å². The summed E-state index contributed by atoms with van der Waals surface area (Å²) in [7, 11) is 0. The molecule has 0 amide bonds. The predicted octanol–water partition coefficient (Wildman–Crippen LogP) is 13.2. The molecule has 0 atom stereocenters. The van der Waals surface area contributed by atoms with Crippen molar-refractivity contribution >= 4 is 23.8 Å². The Bertz CT molecular complexity index is 1770. The molecular weight excluding hydrogens is 633 g/mol. The zero-order chi connectivity index (χ0) is 37.4. The Hall–Kier alpha value is -4.70. The van der Waals surface area contributed by atoms with Crippen LogP contribution in [0.2, 0.25) is 0 Å². The average Bonchev–Trinajstić information content (AvgIpc) is 3.13. The molecule has 0 N–H and O–H groups in total. The Morgan fingerprint density at radius 3 is 1.12 bits per heavy atom. The van der Waals surface area contributed by atoms with Crippen molar-refractivity contribution in [2.75, 3.05) is 0 Å². The summed E-state index contributed by atoms with van der Waals surface area (Å²) in [5, 5.41) is 0. The van der Waals surface area contributed by atoms with Crippen molar-refractivity contribution in [2.45, 2.75) is 118 Å². The summed E-state index contributed by atoms with van der Waals surface area (Å²) in [6.07, 6.45) is 9.18. The van der Waals surface area contributed by atoms with E-state index in [1.165, 1.54) is 44.5 Å². The van der Waals surface area contributed by atoms with E-state index in [4.69, 9.17) is 9.98 Å². The zero-order valence-corrected chi connectivity index (χ0v) is 33.1. The molecule has 270 valence electrons. The van der Waals surface area contributed by atoms with Gasteiger partial charge in [0.2, 0.25) is 0 Å². The highest BCUT2D eigenvalue weighted by Gasteiger charge is 2.26. The maximum atomic E-state index is 5.17.